The van der Waals surface area contributed by atoms with Gasteiger partial charge in [0.1, 0.15) is 19.1 Å². The van der Waals surface area contributed by atoms with Gasteiger partial charge >= 0.3 is 0 Å². The van der Waals surface area contributed by atoms with Gasteiger partial charge in [-0.15, -0.1) is 0 Å². The molecule has 0 aliphatic rings. The first-order valence-corrected chi connectivity index (χ1v) is 12.6. The van der Waals surface area contributed by atoms with E-state index in [-0.39, 0.29) is 21.6 Å². The molecule has 0 fully saturated rings. The number of halogens is 4. The lowest BCUT2D eigenvalue weighted by molar-refractivity contribution is 0.227. The number of nitrogens with two attached hydrogens (primary N) is 1. The van der Waals surface area contributed by atoms with Gasteiger partial charge in [0, 0.05) is 38.2 Å². The Morgan fingerprint density at radius 3 is 2.43 bits per heavy atom. The summed E-state index contributed by atoms with van der Waals surface area (Å²) in [5.41, 5.74) is 7.62. The highest BCUT2D eigenvalue weighted by molar-refractivity contribution is 7.70. The van der Waals surface area contributed by atoms with E-state index in [1.54, 1.807) is 50.7 Å². The zero-order valence-corrected chi connectivity index (χ0v) is 19.6. The standard InChI is InChI=1S/C21H19Cl3FN2O2P/c1-11(19-15(22)6-7-17(25)20(19)24)29-18-8-12(10-27-21(18)26)14-5-4-13(9-16(14)23)30(2,3)28/h4-11H,1-3H3,(H2,26,27). The zero-order chi connectivity index (χ0) is 22.2. The van der Waals surface area contributed by atoms with Crippen LogP contribution in [0.3, 0.4) is 0 Å². The molecule has 1 unspecified atom stereocenters. The summed E-state index contributed by atoms with van der Waals surface area (Å²) >= 11 is 18.7. The van der Waals surface area contributed by atoms with Crippen LogP contribution in [-0.2, 0) is 4.57 Å². The monoisotopic (exact) mass is 486 g/mol. The average Bonchev–Trinajstić information content (AvgIpc) is 2.66. The molecule has 0 bridgehead atoms. The van der Waals surface area contributed by atoms with E-state index in [2.05, 4.69) is 4.98 Å². The highest BCUT2D eigenvalue weighted by atomic mass is 35.5. The summed E-state index contributed by atoms with van der Waals surface area (Å²) in [6.45, 7) is 5.04. The molecule has 0 spiro atoms. The van der Waals surface area contributed by atoms with E-state index in [1.807, 2.05) is 0 Å². The Labute approximate surface area is 189 Å². The van der Waals surface area contributed by atoms with Gasteiger partial charge in [0.2, 0.25) is 0 Å². The SMILES string of the molecule is CC(Oc1cc(-c2ccc(P(C)(C)=O)cc2Cl)cnc1N)c1c(Cl)ccc(F)c1Cl. The van der Waals surface area contributed by atoms with E-state index in [1.165, 1.54) is 12.1 Å². The van der Waals surface area contributed by atoms with Crippen molar-refractivity contribution in [3.05, 3.63) is 69.0 Å². The molecule has 2 N–H and O–H groups in total. The molecule has 0 amide bonds. The van der Waals surface area contributed by atoms with Crippen molar-refractivity contribution in [2.24, 2.45) is 0 Å². The number of anilines is 1. The Kier molecular flexibility index (Phi) is 6.69. The van der Waals surface area contributed by atoms with Crippen molar-refractivity contribution in [3.63, 3.8) is 0 Å². The van der Waals surface area contributed by atoms with E-state index in [0.29, 0.717) is 27.0 Å². The molecule has 30 heavy (non-hydrogen) atoms. The molecule has 0 aliphatic heterocycles. The summed E-state index contributed by atoms with van der Waals surface area (Å²) in [5.74, 6) is -0.177. The molecule has 2 aromatic carbocycles. The van der Waals surface area contributed by atoms with Gasteiger partial charge in [-0.25, -0.2) is 9.37 Å². The highest BCUT2D eigenvalue weighted by Gasteiger charge is 2.20. The molecule has 1 heterocycles. The van der Waals surface area contributed by atoms with Crippen LogP contribution in [0.2, 0.25) is 15.1 Å². The summed E-state index contributed by atoms with van der Waals surface area (Å²) in [7, 11) is -2.44. The summed E-state index contributed by atoms with van der Waals surface area (Å²) in [6, 6.07) is 9.51. The van der Waals surface area contributed by atoms with E-state index in [0.717, 1.165) is 0 Å². The average molecular weight is 488 g/mol. The lowest BCUT2D eigenvalue weighted by Crippen LogP contribution is -2.08. The van der Waals surface area contributed by atoms with Crippen molar-refractivity contribution in [3.8, 4) is 16.9 Å². The molecule has 0 aliphatic carbocycles. The molecule has 0 saturated heterocycles. The molecule has 0 saturated carbocycles. The van der Waals surface area contributed by atoms with E-state index >= 15 is 0 Å². The third-order valence-corrected chi connectivity index (χ3v) is 7.11. The smallest absolute Gasteiger partial charge is 0.166 e. The van der Waals surface area contributed by atoms with Crippen molar-refractivity contribution in [2.75, 3.05) is 19.1 Å². The molecule has 0 radical (unpaired) electrons. The molecule has 3 rings (SSSR count). The second-order valence-electron chi connectivity index (χ2n) is 7.14. The fourth-order valence-electron chi connectivity index (χ4n) is 2.93. The van der Waals surface area contributed by atoms with E-state index in [4.69, 9.17) is 45.3 Å². The highest BCUT2D eigenvalue weighted by Crippen LogP contribution is 2.40. The fourth-order valence-corrected chi connectivity index (χ4v) is 4.85. The summed E-state index contributed by atoms with van der Waals surface area (Å²) < 4.78 is 32.1. The number of benzene rings is 2. The Bertz CT molecular complexity index is 1170. The lowest BCUT2D eigenvalue weighted by Gasteiger charge is -2.19. The summed E-state index contributed by atoms with van der Waals surface area (Å²) in [4.78, 5) is 4.18. The number of pyridine rings is 1. The first-order valence-electron chi connectivity index (χ1n) is 8.90. The third kappa shape index (κ3) is 4.76. The number of hydrogen-bond acceptors (Lipinski definition) is 4. The molecular weight excluding hydrogens is 469 g/mol. The van der Waals surface area contributed by atoms with Crippen molar-refractivity contribution in [2.45, 2.75) is 13.0 Å². The maximum Gasteiger partial charge on any atom is 0.166 e. The minimum Gasteiger partial charge on any atom is -0.482 e. The van der Waals surface area contributed by atoms with Crippen LogP contribution in [0.5, 0.6) is 5.75 Å². The van der Waals surface area contributed by atoms with Crippen LogP contribution in [-0.4, -0.2) is 18.3 Å². The zero-order valence-electron chi connectivity index (χ0n) is 16.4. The number of rotatable bonds is 5. The fraction of sp³-hybridized carbons (Fsp3) is 0.190. The number of ether oxygens (including phenoxy) is 1. The van der Waals surface area contributed by atoms with Gasteiger partial charge in [0.15, 0.2) is 11.6 Å². The topological polar surface area (TPSA) is 65.2 Å². The van der Waals surface area contributed by atoms with Crippen LogP contribution in [0.1, 0.15) is 18.6 Å². The van der Waals surface area contributed by atoms with Crippen LogP contribution >= 0.6 is 41.9 Å². The van der Waals surface area contributed by atoms with Crippen molar-refractivity contribution < 1.29 is 13.7 Å². The van der Waals surface area contributed by atoms with Gasteiger partial charge in [0.25, 0.3) is 0 Å². The van der Waals surface area contributed by atoms with Crippen LogP contribution in [0.25, 0.3) is 11.1 Å². The summed E-state index contributed by atoms with van der Waals surface area (Å²) in [6.07, 6.45) is 0.872. The Balaban J connectivity index is 1.97. The number of nitrogens with zero attached hydrogens (tertiary/aromatic N) is 1. The van der Waals surface area contributed by atoms with Gasteiger partial charge in [-0.3, -0.25) is 0 Å². The van der Waals surface area contributed by atoms with Gasteiger partial charge < -0.3 is 15.0 Å². The minimum atomic E-state index is -2.44. The molecule has 158 valence electrons. The maximum absolute atomic E-state index is 13.9. The van der Waals surface area contributed by atoms with E-state index in [9.17, 15) is 8.96 Å². The third-order valence-electron chi connectivity index (χ3n) is 4.56. The van der Waals surface area contributed by atoms with Gasteiger partial charge in [-0.2, -0.15) is 0 Å². The van der Waals surface area contributed by atoms with Crippen LogP contribution in [0.15, 0.2) is 42.6 Å². The van der Waals surface area contributed by atoms with Crippen molar-refractivity contribution >= 4 is 53.1 Å². The van der Waals surface area contributed by atoms with Crippen molar-refractivity contribution in [1.82, 2.24) is 4.98 Å². The predicted octanol–water partition coefficient (Wildman–Crippen LogP) is 6.82. The Morgan fingerprint density at radius 2 is 1.80 bits per heavy atom. The van der Waals surface area contributed by atoms with Gasteiger partial charge in [-0.05, 0) is 44.5 Å². The molecule has 3 aromatic rings. The van der Waals surface area contributed by atoms with Gasteiger partial charge in [0.05, 0.1) is 5.02 Å². The molecule has 4 nitrogen and oxygen atoms in total. The second kappa shape index (κ2) is 8.76. The Hall–Kier alpha value is -1.78. The maximum atomic E-state index is 13.9. The largest absolute Gasteiger partial charge is 0.482 e. The van der Waals surface area contributed by atoms with Crippen molar-refractivity contribution in [1.29, 1.82) is 0 Å². The van der Waals surface area contributed by atoms with Crippen LogP contribution in [0, 0.1) is 5.82 Å². The number of aromatic nitrogens is 1. The van der Waals surface area contributed by atoms with E-state index < -0.39 is 19.1 Å². The molecule has 9 heteroatoms. The first kappa shape index (κ1) is 22.9. The van der Waals surface area contributed by atoms with Crippen LogP contribution < -0.4 is 15.8 Å². The first-order chi connectivity index (χ1) is 14.0. The summed E-state index contributed by atoms with van der Waals surface area (Å²) in [5, 5.41) is 1.28. The normalized spacial score (nSPS) is 12.6. The lowest BCUT2D eigenvalue weighted by atomic mass is 10.1. The number of hydrogen-bond donors (Lipinski definition) is 1. The van der Waals surface area contributed by atoms with Gasteiger partial charge in [-0.1, -0.05) is 46.9 Å². The predicted molar refractivity (Wildman–Crippen MR) is 124 cm³/mol. The molecule has 1 aromatic heterocycles. The molecular formula is C21H19Cl3FN2O2P. The number of nitrogen functional groups attached to an aromatic ring is 1. The van der Waals surface area contributed by atoms with Crippen LogP contribution in [0.4, 0.5) is 10.2 Å². The minimum absolute atomic E-state index is 0.111. The second-order valence-corrected chi connectivity index (χ2v) is 11.5. The Morgan fingerprint density at radius 1 is 1.10 bits per heavy atom. The molecule has 1 atom stereocenters. The quantitative estimate of drug-likeness (QED) is 0.317.